The topological polar surface area (TPSA) is 78.7 Å². The molecule has 0 saturated carbocycles. The third kappa shape index (κ3) is 0.847. The lowest BCUT2D eigenvalue weighted by molar-refractivity contribution is 0.345. The summed E-state index contributed by atoms with van der Waals surface area (Å²) in [5.41, 5.74) is 6.67. The minimum Gasteiger partial charge on any atom is -0.383 e. The van der Waals surface area contributed by atoms with E-state index in [4.69, 9.17) is 5.73 Å². The average Bonchev–Trinajstić information content (AvgIpc) is 2.67. The summed E-state index contributed by atoms with van der Waals surface area (Å²) in [6.07, 6.45) is 5.13. The number of nitrogens with two attached hydrogens (primary N) is 1. The van der Waals surface area contributed by atoms with E-state index in [0.717, 1.165) is 11.4 Å². The van der Waals surface area contributed by atoms with Crippen LogP contribution in [-0.4, -0.2) is 29.8 Å². The van der Waals surface area contributed by atoms with E-state index >= 15 is 0 Å². The molecule has 0 aromatic rings. The molecule has 3 rings (SSSR count). The first-order valence-corrected chi connectivity index (χ1v) is 4.29. The van der Waals surface area contributed by atoms with Gasteiger partial charge in [0.25, 0.3) is 0 Å². The molecule has 3 aliphatic rings. The summed E-state index contributed by atoms with van der Waals surface area (Å²) in [5, 5.41) is 7.97. The first kappa shape index (κ1) is 7.43. The van der Waals surface area contributed by atoms with Crippen molar-refractivity contribution in [2.24, 2.45) is 25.9 Å². The van der Waals surface area contributed by atoms with E-state index in [1.54, 1.807) is 6.21 Å². The Morgan fingerprint density at radius 1 is 1.50 bits per heavy atom. The molecule has 0 radical (unpaired) electrons. The van der Waals surface area contributed by atoms with Crippen LogP contribution in [0.2, 0.25) is 0 Å². The second-order valence-electron chi connectivity index (χ2n) is 3.11. The molecule has 0 amide bonds. The van der Waals surface area contributed by atoms with Gasteiger partial charge in [0.2, 0.25) is 6.29 Å². The number of hydrogen-bond acceptors (Lipinski definition) is 6. The molecule has 1 atom stereocenters. The molecule has 0 aromatic carbocycles. The lowest BCUT2D eigenvalue weighted by Gasteiger charge is -2.29. The minimum absolute atomic E-state index is 0.296. The summed E-state index contributed by atoms with van der Waals surface area (Å²) in [4.78, 5) is 10.3. The van der Waals surface area contributed by atoms with Gasteiger partial charge in [-0.15, -0.1) is 5.11 Å². The van der Waals surface area contributed by atoms with Crippen LogP contribution in [0, 0.1) is 0 Å². The van der Waals surface area contributed by atoms with Gasteiger partial charge in [0.15, 0.2) is 5.82 Å². The molecule has 2 N–H and O–H groups in total. The highest BCUT2D eigenvalue weighted by atomic mass is 15.4. The predicted octanol–water partition coefficient (Wildman–Crippen LogP) is 0.218. The standard InChI is InChI=1S/C8H8N6/c9-6-5-4-11-13-7(5)14-3-1-2-10-8(14)12-6/h1-3,8H,4H2,(H2,9,12). The summed E-state index contributed by atoms with van der Waals surface area (Å²) < 4.78 is 0. The Morgan fingerprint density at radius 3 is 3.36 bits per heavy atom. The van der Waals surface area contributed by atoms with E-state index in [2.05, 4.69) is 20.2 Å². The van der Waals surface area contributed by atoms with E-state index in [0.29, 0.717) is 12.4 Å². The summed E-state index contributed by atoms with van der Waals surface area (Å²) >= 11 is 0. The van der Waals surface area contributed by atoms with Gasteiger partial charge in [0.1, 0.15) is 5.84 Å². The van der Waals surface area contributed by atoms with E-state index in [1.807, 2.05) is 17.2 Å². The highest BCUT2D eigenvalue weighted by molar-refractivity contribution is 5.99. The number of nitrogens with zero attached hydrogens (tertiary/aromatic N) is 5. The molecule has 14 heavy (non-hydrogen) atoms. The Hall–Kier alpha value is -1.98. The second-order valence-corrected chi connectivity index (χ2v) is 3.11. The van der Waals surface area contributed by atoms with Crippen molar-refractivity contribution in [2.75, 3.05) is 6.54 Å². The molecule has 0 aliphatic carbocycles. The smallest absolute Gasteiger partial charge is 0.223 e. The van der Waals surface area contributed by atoms with Crippen LogP contribution in [0.1, 0.15) is 0 Å². The van der Waals surface area contributed by atoms with Crippen LogP contribution in [0.15, 0.2) is 43.9 Å². The fourth-order valence-electron chi connectivity index (χ4n) is 1.59. The molecular formula is C8H8N6. The zero-order valence-electron chi connectivity index (χ0n) is 7.33. The number of amidine groups is 1. The lowest BCUT2D eigenvalue weighted by atomic mass is 10.2. The van der Waals surface area contributed by atoms with E-state index in [-0.39, 0.29) is 6.29 Å². The fraction of sp³-hybridized carbons (Fsp3) is 0.250. The molecular weight excluding hydrogens is 180 g/mol. The highest BCUT2D eigenvalue weighted by Gasteiger charge is 2.30. The van der Waals surface area contributed by atoms with Crippen LogP contribution in [0.3, 0.4) is 0 Å². The Morgan fingerprint density at radius 2 is 2.43 bits per heavy atom. The first-order chi connectivity index (χ1) is 6.86. The molecule has 0 aromatic heterocycles. The summed E-state index contributed by atoms with van der Waals surface area (Å²) in [7, 11) is 0. The molecule has 3 heterocycles. The van der Waals surface area contributed by atoms with Gasteiger partial charge in [-0.2, -0.15) is 5.11 Å². The summed E-state index contributed by atoms with van der Waals surface area (Å²) in [6.45, 7) is 0.519. The molecule has 0 saturated heterocycles. The lowest BCUT2D eigenvalue weighted by Crippen LogP contribution is -2.37. The molecule has 0 bridgehead atoms. The Labute approximate surface area is 80.2 Å². The first-order valence-electron chi connectivity index (χ1n) is 4.29. The van der Waals surface area contributed by atoms with Gasteiger partial charge in [-0.25, -0.2) is 9.98 Å². The van der Waals surface area contributed by atoms with Crippen LogP contribution < -0.4 is 5.73 Å². The molecule has 0 fully saturated rings. The van der Waals surface area contributed by atoms with Gasteiger partial charge < -0.3 is 5.73 Å². The van der Waals surface area contributed by atoms with Crippen molar-refractivity contribution in [3.63, 3.8) is 0 Å². The van der Waals surface area contributed by atoms with Crippen molar-refractivity contribution < 1.29 is 0 Å². The predicted molar refractivity (Wildman–Crippen MR) is 51.6 cm³/mol. The van der Waals surface area contributed by atoms with Crippen LogP contribution in [0.25, 0.3) is 0 Å². The number of hydrogen-bond donors (Lipinski definition) is 1. The second kappa shape index (κ2) is 2.50. The maximum absolute atomic E-state index is 5.77. The Kier molecular flexibility index (Phi) is 1.33. The van der Waals surface area contributed by atoms with Crippen molar-refractivity contribution in [1.82, 2.24) is 4.90 Å². The van der Waals surface area contributed by atoms with Crippen molar-refractivity contribution in [3.8, 4) is 0 Å². The quantitative estimate of drug-likeness (QED) is 0.590. The number of aliphatic imine (C=N–C) groups is 2. The third-order valence-corrected chi connectivity index (χ3v) is 2.27. The van der Waals surface area contributed by atoms with Crippen molar-refractivity contribution >= 4 is 12.1 Å². The SMILES string of the molecule is NC1=NC2N=CC=CN2C2=C1CN=N2. The Balaban J connectivity index is 2.11. The maximum atomic E-state index is 5.77. The van der Waals surface area contributed by atoms with Crippen molar-refractivity contribution in [2.45, 2.75) is 6.29 Å². The zero-order chi connectivity index (χ0) is 9.54. The number of fused-ring (bicyclic) bond motifs is 2. The summed E-state index contributed by atoms with van der Waals surface area (Å²) in [6, 6.07) is 0. The number of rotatable bonds is 0. The Bertz CT molecular complexity index is 427. The number of azo groups is 1. The van der Waals surface area contributed by atoms with Crippen molar-refractivity contribution in [3.05, 3.63) is 23.7 Å². The normalized spacial score (nSPS) is 27.9. The number of allylic oxidation sites excluding steroid dienone is 1. The molecule has 6 heteroatoms. The van der Waals surface area contributed by atoms with Gasteiger partial charge in [-0.05, 0) is 6.08 Å². The van der Waals surface area contributed by atoms with E-state index in [9.17, 15) is 0 Å². The zero-order valence-corrected chi connectivity index (χ0v) is 7.33. The maximum Gasteiger partial charge on any atom is 0.223 e. The largest absolute Gasteiger partial charge is 0.383 e. The molecule has 1 unspecified atom stereocenters. The fourth-order valence-corrected chi connectivity index (χ4v) is 1.59. The van der Waals surface area contributed by atoms with Crippen LogP contribution in [0.4, 0.5) is 0 Å². The van der Waals surface area contributed by atoms with Crippen LogP contribution in [-0.2, 0) is 0 Å². The molecule has 3 aliphatic heterocycles. The highest BCUT2D eigenvalue weighted by Crippen LogP contribution is 2.28. The molecule has 6 nitrogen and oxygen atoms in total. The van der Waals surface area contributed by atoms with Gasteiger partial charge in [0.05, 0.1) is 12.1 Å². The minimum atomic E-state index is -0.296. The molecule has 70 valence electrons. The van der Waals surface area contributed by atoms with Crippen LogP contribution in [0.5, 0.6) is 0 Å². The van der Waals surface area contributed by atoms with Gasteiger partial charge in [0, 0.05) is 12.4 Å². The van der Waals surface area contributed by atoms with Gasteiger partial charge in [-0.3, -0.25) is 4.90 Å². The van der Waals surface area contributed by atoms with Crippen molar-refractivity contribution in [1.29, 1.82) is 0 Å². The average molecular weight is 188 g/mol. The van der Waals surface area contributed by atoms with E-state index < -0.39 is 0 Å². The summed E-state index contributed by atoms with van der Waals surface area (Å²) in [5.74, 6) is 1.27. The monoisotopic (exact) mass is 188 g/mol. The van der Waals surface area contributed by atoms with Gasteiger partial charge >= 0.3 is 0 Å². The van der Waals surface area contributed by atoms with E-state index in [1.165, 1.54) is 0 Å². The third-order valence-electron chi connectivity index (χ3n) is 2.27. The molecule has 0 spiro atoms. The van der Waals surface area contributed by atoms with Gasteiger partial charge in [-0.1, -0.05) is 0 Å². The van der Waals surface area contributed by atoms with Crippen LogP contribution >= 0.6 is 0 Å².